The molecule has 0 aliphatic carbocycles. The first-order valence-electron chi connectivity index (χ1n) is 8.96. The van der Waals surface area contributed by atoms with Crippen LogP contribution in [0.2, 0.25) is 0 Å². The molecule has 0 saturated heterocycles. The lowest BCUT2D eigenvalue weighted by Crippen LogP contribution is -2.08. The van der Waals surface area contributed by atoms with Crippen LogP contribution in [0.4, 0.5) is 0 Å². The van der Waals surface area contributed by atoms with E-state index in [0.717, 1.165) is 24.5 Å². The average molecular weight is 366 g/mol. The zero-order valence-electron chi connectivity index (χ0n) is 16.0. The van der Waals surface area contributed by atoms with Crippen LogP contribution in [0.15, 0.2) is 65.8 Å². The molecule has 27 heavy (non-hydrogen) atoms. The first-order chi connectivity index (χ1) is 12.9. The number of carbonyl (C=O) groups excluding carboxylic acids is 1. The van der Waals surface area contributed by atoms with Crippen molar-refractivity contribution in [1.82, 2.24) is 0 Å². The Labute approximate surface area is 160 Å². The van der Waals surface area contributed by atoms with Crippen LogP contribution in [0.1, 0.15) is 44.0 Å². The lowest BCUT2D eigenvalue weighted by Gasteiger charge is -2.12. The number of phenolic OH excluding ortho intramolecular Hbond substituents is 2. The molecule has 4 nitrogen and oxygen atoms in total. The molecule has 0 aromatic heterocycles. The third-order valence-corrected chi connectivity index (χ3v) is 4.13. The van der Waals surface area contributed by atoms with Crippen molar-refractivity contribution in [2.24, 2.45) is 0 Å². The van der Waals surface area contributed by atoms with Gasteiger partial charge in [-0.05, 0) is 51.3 Å². The fourth-order valence-electron chi connectivity index (χ4n) is 2.69. The Morgan fingerprint density at radius 1 is 1.04 bits per heavy atom. The third kappa shape index (κ3) is 6.03. The Hall–Kier alpha value is -3.01. The van der Waals surface area contributed by atoms with Crippen molar-refractivity contribution in [3.8, 4) is 22.6 Å². The average Bonchev–Trinajstić information content (AvgIpc) is 2.61. The maximum absolute atomic E-state index is 12.6. The second-order valence-corrected chi connectivity index (χ2v) is 6.72. The molecule has 0 spiro atoms. The van der Waals surface area contributed by atoms with Crippen LogP contribution in [0.25, 0.3) is 11.1 Å². The molecule has 0 unspecified atom stereocenters. The quantitative estimate of drug-likeness (QED) is 0.493. The molecule has 0 atom stereocenters. The summed E-state index contributed by atoms with van der Waals surface area (Å²) in [6, 6.07) is 11.7. The monoisotopic (exact) mass is 366 g/mol. The molecule has 0 fully saturated rings. The number of ether oxygens (including phenoxy) is 1. The van der Waals surface area contributed by atoms with Gasteiger partial charge in [-0.3, -0.25) is 0 Å². The molecule has 0 saturated carbocycles. The highest BCUT2D eigenvalue weighted by molar-refractivity contribution is 6.00. The van der Waals surface area contributed by atoms with E-state index < -0.39 is 5.97 Å². The summed E-state index contributed by atoms with van der Waals surface area (Å²) >= 11 is 0. The highest BCUT2D eigenvalue weighted by Crippen LogP contribution is 2.34. The Morgan fingerprint density at radius 2 is 1.74 bits per heavy atom. The van der Waals surface area contributed by atoms with Gasteiger partial charge in [0.15, 0.2) is 0 Å². The number of hydrogen-bond acceptors (Lipinski definition) is 4. The lowest BCUT2D eigenvalue weighted by molar-refractivity contribution is 0.0546. The van der Waals surface area contributed by atoms with Gasteiger partial charge >= 0.3 is 5.97 Å². The maximum atomic E-state index is 12.6. The molecule has 0 heterocycles. The maximum Gasteiger partial charge on any atom is 0.342 e. The van der Waals surface area contributed by atoms with Crippen molar-refractivity contribution in [2.45, 2.75) is 33.6 Å². The topological polar surface area (TPSA) is 66.8 Å². The van der Waals surface area contributed by atoms with E-state index in [0.29, 0.717) is 11.1 Å². The van der Waals surface area contributed by atoms with Gasteiger partial charge in [0.1, 0.15) is 23.7 Å². The van der Waals surface area contributed by atoms with Crippen LogP contribution in [0, 0.1) is 0 Å². The predicted octanol–water partition coefficient (Wildman–Crippen LogP) is 5.61. The normalized spacial score (nSPS) is 11.1. The fourth-order valence-corrected chi connectivity index (χ4v) is 2.69. The SMILES string of the molecule is CC(C)=CCC/C(C)=C/COC(=O)c1c(O)cc(O)cc1-c1ccccc1. The summed E-state index contributed by atoms with van der Waals surface area (Å²) in [4.78, 5) is 12.6. The van der Waals surface area contributed by atoms with Crippen LogP contribution in [0.5, 0.6) is 11.5 Å². The van der Waals surface area contributed by atoms with Gasteiger partial charge in [-0.1, -0.05) is 47.6 Å². The molecular weight excluding hydrogens is 340 g/mol. The Kier molecular flexibility index (Phi) is 7.24. The Morgan fingerprint density at radius 3 is 2.41 bits per heavy atom. The van der Waals surface area contributed by atoms with Gasteiger partial charge in [-0.15, -0.1) is 0 Å². The van der Waals surface area contributed by atoms with Gasteiger partial charge in [0, 0.05) is 11.6 Å². The van der Waals surface area contributed by atoms with E-state index in [4.69, 9.17) is 4.74 Å². The van der Waals surface area contributed by atoms with Gasteiger partial charge in [-0.2, -0.15) is 0 Å². The van der Waals surface area contributed by atoms with Crippen molar-refractivity contribution >= 4 is 5.97 Å². The number of allylic oxidation sites excluding steroid dienone is 3. The number of aromatic hydroxyl groups is 2. The van der Waals surface area contributed by atoms with Crippen LogP contribution in [-0.2, 0) is 4.74 Å². The summed E-state index contributed by atoms with van der Waals surface area (Å²) in [7, 11) is 0. The van der Waals surface area contributed by atoms with E-state index in [-0.39, 0.29) is 23.7 Å². The van der Waals surface area contributed by atoms with Gasteiger partial charge in [0.2, 0.25) is 0 Å². The second-order valence-electron chi connectivity index (χ2n) is 6.72. The number of hydrogen-bond donors (Lipinski definition) is 2. The molecule has 0 bridgehead atoms. The molecule has 0 amide bonds. The molecular formula is C23H26O4. The summed E-state index contributed by atoms with van der Waals surface area (Å²) in [6.45, 7) is 6.26. The van der Waals surface area contributed by atoms with Crippen LogP contribution in [0.3, 0.4) is 0 Å². The molecule has 0 aliphatic rings. The van der Waals surface area contributed by atoms with Crippen molar-refractivity contribution < 1.29 is 19.7 Å². The first kappa shape index (κ1) is 20.3. The van der Waals surface area contributed by atoms with Crippen LogP contribution < -0.4 is 0 Å². The Bertz CT molecular complexity index is 844. The minimum absolute atomic E-state index is 0.0506. The molecule has 0 radical (unpaired) electrons. The molecule has 2 aromatic carbocycles. The minimum atomic E-state index is -0.625. The minimum Gasteiger partial charge on any atom is -0.508 e. The van der Waals surface area contributed by atoms with Crippen LogP contribution in [-0.4, -0.2) is 22.8 Å². The third-order valence-electron chi connectivity index (χ3n) is 4.13. The van der Waals surface area contributed by atoms with Crippen molar-refractivity contribution in [3.05, 3.63) is 71.3 Å². The number of rotatable bonds is 7. The summed E-state index contributed by atoms with van der Waals surface area (Å²) in [5, 5.41) is 20.0. The molecule has 2 N–H and O–H groups in total. The van der Waals surface area contributed by atoms with E-state index in [9.17, 15) is 15.0 Å². The van der Waals surface area contributed by atoms with Crippen molar-refractivity contribution in [1.29, 1.82) is 0 Å². The number of phenols is 2. The second kappa shape index (κ2) is 9.62. The summed E-state index contributed by atoms with van der Waals surface area (Å²) < 4.78 is 5.34. The molecule has 142 valence electrons. The van der Waals surface area contributed by atoms with Crippen molar-refractivity contribution in [2.75, 3.05) is 6.61 Å². The lowest BCUT2D eigenvalue weighted by atomic mass is 9.98. The van der Waals surface area contributed by atoms with Gasteiger partial charge in [0.25, 0.3) is 0 Å². The van der Waals surface area contributed by atoms with Gasteiger partial charge < -0.3 is 14.9 Å². The highest BCUT2D eigenvalue weighted by atomic mass is 16.5. The first-order valence-corrected chi connectivity index (χ1v) is 8.96. The highest BCUT2D eigenvalue weighted by Gasteiger charge is 2.20. The molecule has 4 heteroatoms. The fraction of sp³-hybridized carbons (Fsp3) is 0.261. The van der Waals surface area contributed by atoms with Gasteiger partial charge in [0.05, 0.1) is 0 Å². The summed E-state index contributed by atoms with van der Waals surface area (Å²) in [5.74, 6) is -1.04. The zero-order valence-corrected chi connectivity index (χ0v) is 16.0. The van der Waals surface area contributed by atoms with E-state index in [1.54, 1.807) is 12.1 Å². The number of benzene rings is 2. The van der Waals surface area contributed by atoms with Crippen LogP contribution >= 0.6 is 0 Å². The molecule has 0 aliphatic heterocycles. The van der Waals surface area contributed by atoms with E-state index in [1.807, 2.05) is 31.2 Å². The molecule has 2 aromatic rings. The summed E-state index contributed by atoms with van der Waals surface area (Å²) in [5.41, 5.74) is 3.62. The van der Waals surface area contributed by atoms with E-state index in [2.05, 4.69) is 19.9 Å². The predicted molar refractivity (Wildman–Crippen MR) is 108 cm³/mol. The number of carbonyl (C=O) groups is 1. The van der Waals surface area contributed by atoms with E-state index in [1.165, 1.54) is 11.6 Å². The van der Waals surface area contributed by atoms with Gasteiger partial charge in [-0.25, -0.2) is 4.79 Å². The zero-order chi connectivity index (χ0) is 19.8. The Balaban J connectivity index is 2.14. The summed E-state index contributed by atoms with van der Waals surface area (Å²) in [6.07, 6.45) is 5.90. The smallest absolute Gasteiger partial charge is 0.342 e. The largest absolute Gasteiger partial charge is 0.508 e. The van der Waals surface area contributed by atoms with Crippen molar-refractivity contribution in [3.63, 3.8) is 0 Å². The molecule has 2 rings (SSSR count). The number of esters is 1. The van der Waals surface area contributed by atoms with E-state index >= 15 is 0 Å². The standard InChI is InChI=1S/C23H26O4/c1-16(2)8-7-9-17(3)12-13-27-23(26)22-20(14-19(24)15-21(22)25)18-10-5-4-6-11-18/h4-6,8,10-12,14-15,24-25H,7,9,13H2,1-3H3/b17-12+.